The Morgan fingerprint density at radius 3 is 2.70 bits per heavy atom. The number of aliphatic hydroxyl groups is 1. The quantitative estimate of drug-likeness (QED) is 0.796. The molecule has 110 valence electrons. The molecule has 0 aromatic heterocycles. The first kappa shape index (κ1) is 14.7. The van der Waals surface area contributed by atoms with Crippen LogP contribution in [0.1, 0.15) is 23.7 Å². The van der Waals surface area contributed by atoms with Crippen molar-refractivity contribution in [3.05, 3.63) is 23.8 Å². The summed E-state index contributed by atoms with van der Waals surface area (Å²) in [6.07, 6.45) is 0.515. The van der Waals surface area contributed by atoms with Crippen molar-refractivity contribution in [2.45, 2.75) is 19.4 Å². The number of benzene rings is 1. The number of nitrogens with two attached hydrogens (primary N) is 1. The molecule has 2 unspecified atom stereocenters. The molecule has 1 amide bonds. The topological polar surface area (TPSA) is 69.8 Å². The van der Waals surface area contributed by atoms with Gasteiger partial charge >= 0.3 is 0 Å². The lowest BCUT2D eigenvalue weighted by atomic mass is 9.96. The molecule has 2 atom stereocenters. The SMILES string of the molecule is CC1CN(c2ccc(C(=O)N(C)C)cc2N)CCC1O. The molecule has 2 rings (SSSR count). The number of hydrogen-bond acceptors (Lipinski definition) is 4. The average molecular weight is 277 g/mol. The first-order valence-corrected chi connectivity index (χ1v) is 6.94. The summed E-state index contributed by atoms with van der Waals surface area (Å²) in [6, 6.07) is 5.44. The molecule has 1 aromatic rings. The van der Waals surface area contributed by atoms with Crippen molar-refractivity contribution in [3.8, 4) is 0 Å². The molecule has 1 aliphatic heterocycles. The molecule has 3 N–H and O–H groups in total. The maximum Gasteiger partial charge on any atom is 0.253 e. The molecule has 1 heterocycles. The van der Waals surface area contributed by atoms with Gasteiger partial charge in [-0.2, -0.15) is 0 Å². The fraction of sp³-hybridized carbons (Fsp3) is 0.533. The molecule has 0 bridgehead atoms. The van der Waals surface area contributed by atoms with Gasteiger partial charge in [0.25, 0.3) is 5.91 Å². The van der Waals surface area contributed by atoms with Gasteiger partial charge in [0.15, 0.2) is 0 Å². The van der Waals surface area contributed by atoms with Gasteiger partial charge in [-0.15, -0.1) is 0 Å². The van der Waals surface area contributed by atoms with Crippen LogP contribution in [0.15, 0.2) is 18.2 Å². The normalized spacial score (nSPS) is 22.7. The largest absolute Gasteiger partial charge is 0.397 e. The Kier molecular flexibility index (Phi) is 4.18. The summed E-state index contributed by atoms with van der Waals surface area (Å²) in [5.41, 5.74) is 8.25. The minimum atomic E-state index is -0.234. The highest BCUT2D eigenvalue weighted by atomic mass is 16.3. The Balaban J connectivity index is 2.20. The van der Waals surface area contributed by atoms with Crippen LogP contribution in [0.2, 0.25) is 0 Å². The van der Waals surface area contributed by atoms with Gasteiger partial charge in [0.1, 0.15) is 0 Å². The second-order valence-corrected chi connectivity index (χ2v) is 5.75. The van der Waals surface area contributed by atoms with E-state index in [0.717, 1.165) is 25.2 Å². The van der Waals surface area contributed by atoms with Crippen LogP contribution in [0.5, 0.6) is 0 Å². The molecule has 0 aliphatic carbocycles. The summed E-state index contributed by atoms with van der Waals surface area (Å²) >= 11 is 0. The van der Waals surface area contributed by atoms with Crippen molar-refractivity contribution in [3.63, 3.8) is 0 Å². The molecule has 0 radical (unpaired) electrons. The van der Waals surface area contributed by atoms with E-state index in [9.17, 15) is 9.90 Å². The van der Waals surface area contributed by atoms with Crippen molar-refractivity contribution in [1.29, 1.82) is 0 Å². The second-order valence-electron chi connectivity index (χ2n) is 5.75. The van der Waals surface area contributed by atoms with Gasteiger partial charge in [-0.05, 0) is 30.5 Å². The Hall–Kier alpha value is -1.75. The Morgan fingerprint density at radius 1 is 1.45 bits per heavy atom. The minimum absolute atomic E-state index is 0.0503. The number of rotatable bonds is 2. The number of amides is 1. The fourth-order valence-corrected chi connectivity index (χ4v) is 2.59. The third-order valence-electron chi connectivity index (χ3n) is 3.88. The standard InChI is InChI=1S/C15H23N3O2/c1-10-9-18(7-6-14(10)19)13-5-4-11(8-12(13)16)15(20)17(2)3/h4-5,8,10,14,19H,6-7,9,16H2,1-3H3. The minimum Gasteiger partial charge on any atom is -0.397 e. The van der Waals surface area contributed by atoms with E-state index in [1.165, 1.54) is 4.90 Å². The van der Waals surface area contributed by atoms with Crippen molar-refractivity contribution in [2.24, 2.45) is 5.92 Å². The number of aliphatic hydroxyl groups excluding tert-OH is 1. The average Bonchev–Trinajstić information content (AvgIpc) is 2.41. The van der Waals surface area contributed by atoms with Gasteiger partial charge in [0.2, 0.25) is 0 Å². The number of piperidine rings is 1. The number of carbonyl (C=O) groups excluding carboxylic acids is 1. The maximum absolute atomic E-state index is 11.9. The molecule has 0 saturated carbocycles. The molecular weight excluding hydrogens is 254 g/mol. The third kappa shape index (κ3) is 2.88. The van der Waals surface area contributed by atoms with E-state index < -0.39 is 0 Å². The van der Waals surface area contributed by atoms with Gasteiger partial charge in [0.05, 0.1) is 17.5 Å². The molecule has 1 fully saturated rings. The number of nitrogens with zero attached hydrogens (tertiary/aromatic N) is 2. The number of anilines is 2. The monoisotopic (exact) mass is 277 g/mol. The summed E-state index contributed by atoms with van der Waals surface area (Å²) in [6.45, 7) is 3.61. The zero-order valence-electron chi connectivity index (χ0n) is 12.3. The highest BCUT2D eigenvalue weighted by molar-refractivity contribution is 5.95. The van der Waals surface area contributed by atoms with Crippen LogP contribution in [0, 0.1) is 5.92 Å². The number of hydrogen-bond donors (Lipinski definition) is 2. The maximum atomic E-state index is 11.9. The van der Waals surface area contributed by atoms with Gasteiger partial charge in [-0.1, -0.05) is 6.92 Å². The van der Waals surface area contributed by atoms with E-state index in [4.69, 9.17) is 5.73 Å². The highest BCUT2D eigenvalue weighted by Crippen LogP contribution is 2.29. The highest BCUT2D eigenvalue weighted by Gasteiger charge is 2.25. The Labute approximate surface area is 120 Å². The molecule has 5 heteroatoms. The lowest BCUT2D eigenvalue weighted by Crippen LogP contribution is -2.42. The fourth-order valence-electron chi connectivity index (χ4n) is 2.59. The third-order valence-corrected chi connectivity index (χ3v) is 3.88. The number of nitrogen functional groups attached to an aromatic ring is 1. The zero-order valence-corrected chi connectivity index (χ0v) is 12.3. The van der Waals surface area contributed by atoms with Crippen molar-refractivity contribution < 1.29 is 9.90 Å². The lowest BCUT2D eigenvalue weighted by molar-refractivity contribution is 0.0827. The summed E-state index contributed by atoms with van der Waals surface area (Å²) < 4.78 is 0. The van der Waals surface area contributed by atoms with Gasteiger partial charge in [-0.3, -0.25) is 4.79 Å². The van der Waals surface area contributed by atoms with Crippen molar-refractivity contribution in [1.82, 2.24) is 4.90 Å². The van der Waals surface area contributed by atoms with E-state index >= 15 is 0 Å². The van der Waals surface area contributed by atoms with Crippen LogP contribution >= 0.6 is 0 Å². The second kappa shape index (κ2) is 5.71. The molecule has 5 nitrogen and oxygen atoms in total. The van der Waals surface area contributed by atoms with Crippen molar-refractivity contribution in [2.75, 3.05) is 37.8 Å². The van der Waals surface area contributed by atoms with Crippen LogP contribution in [0.3, 0.4) is 0 Å². The van der Waals surface area contributed by atoms with Crippen LogP contribution in [-0.4, -0.2) is 49.2 Å². The summed E-state index contributed by atoms with van der Waals surface area (Å²) in [5.74, 6) is 0.178. The molecule has 0 spiro atoms. The van der Waals surface area contributed by atoms with Gasteiger partial charge in [0, 0.05) is 32.7 Å². The van der Waals surface area contributed by atoms with E-state index in [0.29, 0.717) is 11.3 Å². The molecule has 1 aliphatic rings. The molecule has 1 aromatic carbocycles. The smallest absolute Gasteiger partial charge is 0.253 e. The van der Waals surface area contributed by atoms with E-state index in [2.05, 4.69) is 4.90 Å². The summed E-state index contributed by atoms with van der Waals surface area (Å²) in [7, 11) is 3.44. The number of carbonyl (C=O) groups is 1. The lowest BCUT2D eigenvalue weighted by Gasteiger charge is -2.36. The first-order valence-electron chi connectivity index (χ1n) is 6.94. The molecular formula is C15H23N3O2. The first-order chi connectivity index (χ1) is 9.40. The van der Waals surface area contributed by atoms with Gasteiger partial charge < -0.3 is 20.6 Å². The summed E-state index contributed by atoms with van der Waals surface area (Å²) in [4.78, 5) is 15.6. The molecule has 20 heavy (non-hydrogen) atoms. The van der Waals surface area contributed by atoms with Crippen LogP contribution in [0.4, 0.5) is 11.4 Å². The Morgan fingerprint density at radius 2 is 2.15 bits per heavy atom. The van der Waals surface area contributed by atoms with E-state index in [1.54, 1.807) is 20.2 Å². The predicted octanol–water partition coefficient (Wildman–Crippen LogP) is 1.18. The van der Waals surface area contributed by atoms with Gasteiger partial charge in [-0.25, -0.2) is 0 Å². The van der Waals surface area contributed by atoms with E-state index in [1.807, 2.05) is 19.1 Å². The van der Waals surface area contributed by atoms with E-state index in [-0.39, 0.29) is 17.9 Å². The van der Waals surface area contributed by atoms with Crippen LogP contribution in [0.25, 0.3) is 0 Å². The predicted molar refractivity (Wildman–Crippen MR) is 80.9 cm³/mol. The molecule has 1 saturated heterocycles. The van der Waals surface area contributed by atoms with Crippen LogP contribution in [-0.2, 0) is 0 Å². The van der Waals surface area contributed by atoms with Crippen LogP contribution < -0.4 is 10.6 Å². The van der Waals surface area contributed by atoms with Crippen molar-refractivity contribution >= 4 is 17.3 Å². The zero-order chi connectivity index (χ0) is 14.9. The summed E-state index contributed by atoms with van der Waals surface area (Å²) in [5, 5.41) is 9.78. The Bertz CT molecular complexity index is 502.